The number of carboxylic acids is 1. The summed E-state index contributed by atoms with van der Waals surface area (Å²) in [5.74, 6) is -0.383. The smallest absolute Gasteiger partial charge is 0.329 e. The molecule has 1 saturated heterocycles. The van der Waals surface area contributed by atoms with Gasteiger partial charge >= 0.3 is 5.97 Å². The molecule has 1 aromatic rings. The first-order valence-electron chi connectivity index (χ1n) is 7.38. The minimum absolute atomic E-state index is 0.201. The number of carbonyl (C=O) groups is 2. The fourth-order valence-corrected chi connectivity index (χ4v) is 3.43. The van der Waals surface area contributed by atoms with Crippen molar-refractivity contribution in [2.75, 3.05) is 6.54 Å². The number of carbonyl (C=O) groups excluding carboxylic acids is 1. The number of rotatable bonds is 3. The van der Waals surface area contributed by atoms with E-state index in [1.807, 2.05) is 31.2 Å². The van der Waals surface area contributed by atoms with E-state index in [4.69, 9.17) is 4.74 Å². The van der Waals surface area contributed by atoms with Crippen molar-refractivity contribution in [3.05, 3.63) is 29.8 Å². The van der Waals surface area contributed by atoms with Gasteiger partial charge in [-0.25, -0.2) is 4.79 Å². The highest BCUT2D eigenvalue weighted by Crippen LogP contribution is 2.36. The van der Waals surface area contributed by atoms with Gasteiger partial charge in [0.2, 0.25) is 0 Å². The van der Waals surface area contributed by atoms with E-state index >= 15 is 0 Å². The van der Waals surface area contributed by atoms with Crippen LogP contribution in [0.4, 0.5) is 0 Å². The molecule has 21 heavy (non-hydrogen) atoms. The largest absolute Gasteiger partial charge is 0.480 e. The van der Waals surface area contributed by atoms with Gasteiger partial charge in [0.15, 0.2) is 6.10 Å². The van der Waals surface area contributed by atoms with Gasteiger partial charge in [0, 0.05) is 13.0 Å². The van der Waals surface area contributed by atoms with Gasteiger partial charge in [0.1, 0.15) is 11.3 Å². The number of amides is 1. The summed E-state index contributed by atoms with van der Waals surface area (Å²) < 4.78 is 5.71. The third kappa shape index (κ3) is 2.07. The van der Waals surface area contributed by atoms with Crippen LogP contribution in [0.2, 0.25) is 0 Å². The second-order valence-corrected chi connectivity index (χ2v) is 5.70. The predicted octanol–water partition coefficient (Wildman–Crippen LogP) is 1.85. The number of hydrogen-bond donors (Lipinski definition) is 1. The SMILES string of the molecule is CCC1(C(=O)O)CCCN1C(=O)C1Cc2ccccc2O1. The van der Waals surface area contributed by atoms with E-state index in [1.165, 1.54) is 4.90 Å². The molecule has 112 valence electrons. The number of benzene rings is 1. The number of carboxylic acid groups (broad SMARTS) is 1. The fraction of sp³-hybridized carbons (Fsp3) is 0.500. The van der Waals surface area contributed by atoms with Gasteiger partial charge in [-0.3, -0.25) is 4.79 Å². The summed E-state index contributed by atoms with van der Waals surface area (Å²) >= 11 is 0. The van der Waals surface area contributed by atoms with E-state index in [-0.39, 0.29) is 5.91 Å². The Balaban J connectivity index is 1.82. The Bertz CT molecular complexity index is 560. The molecular weight excluding hydrogens is 270 g/mol. The van der Waals surface area contributed by atoms with E-state index in [1.54, 1.807) is 0 Å². The molecule has 0 radical (unpaired) electrons. The summed E-state index contributed by atoms with van der Waals surface area (Å²) in [6, 6.07) is 7.57. The van der Waals surface area contributed by atoms with Gasteiger partial charge in [-0.15, -0.1) is 0 Å². The zero-order valence-corrected chi connectivity index (χ0v) is 12.0. The van der Waals surface area contributed by atoms with Gasteiger partial charge in [-0.2, -0.15) is 0 Å². The molecule has 2 aliphatic heterocycles. The first-order valence-corrected chi connectivity index (χ1v) is 7.38. The number of likely N-dealkylation sites (tertiary alicyclic amines) is 1. The molecule has 2 heterocycles. The van der Waals surface area contributed by atoms with Crippen molar-refractivity contribution in [1.29, 1.82) is 0 Å². The van der Waals surface area contributed by atoms with Crippen LogP contribution in [0.5, 0.6) is 5.75 Å². The lowest BCUT2D eigenvalue weighted by Gasteiger charge is -2.35. The number of nitrogens with zero attached hydrogens (tertiary/aromatic N) is 1. The second-order valence-electron chi connectivity index (χ2n) is 5.70. The van der Waals surface area contributed by atoms with Gasteiger partial charge < -0.3 is 14.7 Å². The fourth-order valence-electron chi connectivity index (χ4n) is 3.43. The number of fused-ring (bicyclic) bond motifs is 1. The molecule has 0 bridgehead atoms. The first kappa shape index (κ1) is 13.9. The van der Waals surface area contributed by atoms with Crippen LogP contribution in [0, 0.1) is 0 Å². The Morgan fingerprint density at radius 1 is 1.43 bits per heavy atom. The maximum atomic E-state index is 12.7. The molecule has 0 aromatic heterocycles. The third-order valence-electron chi connectivity index (χ3n) is 4.66. The minimum Gasteiger partial charge on any atom is -0.480 e. The molecule has 2 atom stereocenters. The van der Waals surface area contributed by atoms with Crippen molar-refractivity contribution >= 4 is 11.9 Å². The molecule has 0 aliphatic carbocycles. The van der Waals surface area contributed by atoms with E-state index in [0.717, 1.165) is 17.7 Å². The molecule has 2 unspecified atom stereocenters. The first-order chi connectivity index (χ1) is 10.1. The molecule has 5 heteroatoms. The van der Waals surface area contributed by atoms with Crippen LogP contribution in [-0.2, 0) is 16.0 Å². The summed E-state index contributed by atoms with van der Waals surface area (Å²) in [6.07, 6.45) is 1.60. The van der Waals surface area contributed by atoms with Crippen molar-refractivity contribution in [2.45, 2.75) is 44.2 Å². The van der Waals surface area contributed by atoms with E-state index in [0.29, 0.717) is 25.8 Å². The summed E-state index contributed by atoms with van der Waals surface area (Å²) in [4.78, 5) is 25.9. The third-order valence-corrected chi connectivity index (χ3v) is 4.66. The van der Waals surface area contributed by atoms with Crippen molar-refractivity contribution in [2.24, 2.45) is 0 Å². The minimum atomic E-state index is -1.06. The number of aliphatic carboxylic acids is 1. The Morgan fingerprint density at radius 2 is 2.19 bits per heavy atom. The highest BCUT2D eigenvalue weighted by Gasteiger charge is 2.50. The van der Waals surface area contributed by atoms with Crippen LogP contribution >= 0.6 is 0 Å². The van der Waals surface area contributed by atoms with Gasteiger partial charge in [-0.1, -0.05) is 25.1 Å². The standard InChI is InChI=1S/C16H19NO4/c1-2-16(15(19)20)8-5-9-17(16)14(18)13-10-11-6-3-4-7-12(11)21-13/h3-4,6-7,13H,2,5,8-10H2,1H3,(H,19,20). The number of para-hydroxylation sites is 1. The molecule has 1 aromatic carbocycles. The molecule has 0 spiro atoms. The van der Waals surface area contributed by atoms with E-state index in [9.17, 15) is 14.7 Å². The summed E-state index contributed by atoms with van der Waals surface area (Å²) in [7, 11) is 0. The monoisotopic (exact) mass is 289 g/mol. The zero-order chi connectivity index (χ0) is 15.0. The Kier molecular flexibility index (Phi) is 3.35. The van der Waals surface area contributed by atoms with Crippen LogP contribution in [-0.4, -0.2) is 40.1 Å². The Hall–Kier alpha value is -2.04. The van der Waals surface area contributed by atoms with Crippen molar-refractivity contribution < 1.29 is 19.4 Å². The lowest BCUT2D eigenvalue weighted by molar-refractivity contribution is -0.159. The number of ether oxygens (including phenoxy) is 1. The van der Waals surface area contributed by atoms with Gasteiger partial charge in [0.05, 0.1) is 0 Å². The highest BCUT2D eigenvalue weighted by atomic mass is 16.5. The molecule has 5 nitrogen and oxygen atoms in total. The molecule has 1 amide bonds. The lowest BCUT2D eigenvalue weighted by Crippen LogP contribution is -2.56. The average molecular weight is 289 g/mol. The summed E-state index contributed by atoms with van der Waals surface area (Å²) in [5, 5.41) is 9.56. The normalized spacial score (nSPS) is 27.3. The molecular formula is C16H19NO4. The van der Waals surface area contributed by atoms with Crippen LogP contribution in [0.25, 0.3) is 0 Å². The second kappa shape index (κ2) is 5.06. The molecule has 3 rings (SSSR count). The van der Waals surface area contributed by atoms with Crippen LogP contribution in [0.1, 0.15) is 31.7 Å². The quantitative estimate of drug-likeness (QED) is 0.922. The maximum absolute atomic E-state index is 12.7. The van der Waals surface area contributed by atoms with Crippen LogP contribution < -0.4 is 4.74 Å². The molecule has 1 fully saturated rings. The lowest BCUT2D eigenvalue weighted by atomic mass is 9.92. The molecule has 0 saturated carbocycles. The Morgan fingerprint density at radius 3 is 2.86 bits per heavy atom. The topological polar surface area (TPSA) is 66.8 Å². The van der Waals surface area contributed by atoms with Gasteiger partial charge in [0.25, 0.3) is 5.91 Å². The molecule has 1 N–H and O–H groups in total. The average Bonchev–Trinajstić information content (AvgIpc) is 3.10. The highest BCUT2D eigenvalue weighted by molar-refractivity contribution is 5.90. The van der Waals surface area contributed by atoms with E-state index in [2.05, 4.69) is 0 Å². The van der Waals surface area contributed by atoms with Crippen molar-refractivity contribution in [3.8, 4) is 5.75 Å². The maximum Gasteiger partial charge on any atom is 0.329 e. The van der Waals surface area contributed by atoms with Crippen LogP contribution in [0.15, 0.2) is 24.3 Å². The van der Waals surface area contributed by atoms with E-state index < -0.39 is 17.6 Å². The molecule has 2 aliphatic rings. The number of hydrogen-bond acceptors (Lipinski definition) is 3. The summed E-state index contributed by atoms with van der Waals surface area (Å²) in [6.45, 7) is 2.32. The Labute approximate surface area is 123 Å². The van der Waals surface area contributed by atoms with Crippen molar-refractivity contribution in [1.82, 2.24) is 4.90 Å². The predicted molar refractivity (Wildman–Crippen MR) is 76.2 cm³/mol. The van der Waals surface area contributed by atoms with Crippen molar-refractivity contribution in [3.63, 3.8) is 0 Å². The van der Waals surface area contributed by atoms with Crippen LogP contribution in [0.3, 0.4) is 0 Å². The summed E-state index contributed by atoms with van der Waals surface area (Å²) in [5.41, 5.74) is -0.0534. The zero-order valence-electron chi connectivity index (χ0n) is 12.0. The van der Waals surface area contributed by atoms with Gasteiger partial charge in [-0.05, 0) is 30.9 Å².